The molecular weight excluding hydrogens is 336 g/mol. The molecule has 1 amide bonds. The maximum absolute atomic E-state index is 12.0. The van der Waals surface area contributed by atoms with E-state index in [4.69, 9.17) is 4.74 Å². The second-order valence-corrected chi connectivity index (χ2v) is 7.85. The van der Waals surface area contributed by atoms with E-state index in [0.717, 1.165) is 19.4 Å². The van der Waals surface area contributed by atoms with Crippen LogP contribution in [-0.4, -0.2) is 40.7 Å². The second kappa shape index (κ2) is 7.88. The Hall–Kier alpha value is -2.38. The van der Waals surface area contributed by atoms with Crippen LogP contribution in [0.2, 0.25) is 0 Å². The summed E-state index contributed by atoms with van der Waals surface area (Å²) in [7, 11) is 0. The predicted octanol–water partition coefficient (Wildman–Crippen LogP) is 3.43. The van der Waals surface area contributed by atoms with E-state index >= 15 is 0 Å². The molecule has 2 atom stereocenters. The van der Waals surface area contributed by atoms with Gasteiger partial charge in [0.25, 0.3) is 5.69 Å². The van der Waals surface area contributed by atoms with Gasteiger partial charge in [-0.3, -0.25) is 10.1 Å². The van der Waals surface area contributed by atoms with Gasteiger partial charge in [0, 0.05) is 18.7 Å². The Morgan fingerprint density at radius 2 is 2.19 bits per heavy atom. The number of aromatic nitrogens is 1. The average molecular weight is 364 g/mol. The molecule has 144 valence electrons. The second-order valence-electron chi connectivity index (χ2n) is 7.85. The number of aryl methyl sites for hydroxylation is 1. The molecule has 1 aromatic heterocycles. The number of amides is 1. The third-order valence-electron chi connectivity index (χ3n) is 4.53. The van der Waals surface area contributed by atoms with Crippen LogP contribution in [0.3, 0.4) is 0 Å². The molecule has 2 unspecified atom stereocenters. The lowest BCUT2D eigenvalue weighted by molar-refractivity contribution is -0.385. The number of nitrogens with one attached hydrogen (secondary N) is 1. The number of nitrogens with zero attached hydrogens (tertiary/aromatic N) is 3. The molecule has 0 spiro atoms. The summed E-state index contributed by atoms with van der Waals surface area (Å²) >= 11 is 0. The number of hydrogen-bond acceptors (Lipinski definition) is 6. The van der Waals surface area contributed by atoms with Crippen molar-refractivity contribution in [1.29, 1.82) is 0 Å². The number of carbonyl (C=O) groups is 1. The van der Waals surface area contributed by atoms with Gasteiger partial charge in [-0.05, 0) is 52.5 Å². The zero-order valence-corrected chi connectivity index (χ0v) is 16.1. The van der Waals surface area contributed by atoms with E-state index in [1.165, 1.54) is 6.20 Å². The van der Waals surface area contributed by atoms with Crippen molar-refractivity contribution in [2.24, 2.45) is 5.92 Å². The van der Waals surface area contributed by atoms with Crippen molar-refractivity contribution >= 4 is 17.6 Å². The van der Waals surface area contributed by atoms with E-state index in [9.17, 15) is 14.9 Å². The number of anilines is 1. The minimum Gasteiger partial charge on any atom is -0.444 e. The number of hydrogen-bond donors (Lipinski definition) is 1. The summed E-state index contributed by atoms with van der Waals surface area (Å²) < 4.78 is 5.31. The van der Waals surface area contributed by atoms with E-state index < -0.39 is 16.6 Å². The zero-order valence-electron chi connectivity index (χ0n) is 16.1. The summed E-state index contributed by atoms with van der Waals surface area (Å²) in [5.74, 6) is 1.06. The molecule has 1 saturated heterocycles. The molecule has 1 fully saturated rings. The lowest BCUT2D eigenvalue weighted by atomic mass is 9.90. The van der Waals surface area contributed by atoms with Gasteiger partial charge in [0.2, 0.25) is 0 Å². The van der Waals surface area contributed by atoms with Gasteiger partial charge in [0.1, 0.15) is 17.6 Å². The minimum absolute atomic E-state index is 0.0160. The van der Waals surface area contributed by atoms with Gasteiger partial charge >= 0.3 is 6.09 Å². The maximum Gasteiger partial charge on any atom is 0.407 e. The first-order valence-corrected chi connectivity index (χ1v) is 8.93. The Balaban J connectivity index is 2.14. The Morgan fingerprint density at radius 3 is 2.77 bits per heavy atom. The van der Waals surface area contributed by atoms with Crippen LogP contribution in [0.1, 0.15) is 46.1 Å². The fraction of sp³-hybridized carbons (Fsp3) is 0.667. The van der Waals surface area contributed by atoms with Gasteiger partial charge in [-0.1, -0.05) is 6.92 Å². The fourth-order valence-electron chi connectivity index (χ4n) is 3.23. The van der Waals surface area contributed by atoms with Crippen LogP contribution in [0.5, 0.6) is 0 Å². The number of rotatable bonds is 4. The molecule has 0 bridgehead atoms. The van der Waals surface area contributed by atoms with E-state index in [0.29, 0.717) is 23.8 Å². The molecule has 0 aliphatic carbocycles. The van der Waals surface area contributed by atoms with Gasteiger partial charge in [0.15, 0.2) is 0 Å². The molecule has 0 aromatic carbocycles. The largest absolute Gasteiger partial charge is 0.444 e. The third-order valence-corrected chi connectivity index (χ3v) is 4.53. The number of alkyl carbamates (subject to hydrolysis) is 1. The van der Waals surface area contributed by atoms with Gasteiger partial charge < -0.3 is 15.0 Å². The summed E-state index contributed by atoms with van der Waals surface area (Å²) in [6.45, 7) is 10.6. The highest BCUT2D eigenvalue weighted by Gasteiger charge is 2.31. The summed E-state index contributed by atoms with van der Waals surface area (Å²) in [6.07, 6.45) is 2.94. The van der Waals surface area contributed by atoms with Crippen molar-refractivity contribution in [1.82, 2.24) is 10.3 Å². The topological polar surface area (TPSA) is 97.6 Å². The monoisotopic (exact) mass is 364 g/mol. The lowest BCUT2D eigenvalue weighted by Crippen LogP contribution is -2.51. The Bertz CT molecular complexity index is 672. The number of carbonyl (C=O) groups excluding carboxylic acids is 1. The highest BCUT2D eigenvalue weighted by molar-refractivity contribution is 5.67. The Labute approximate surface area is 154 Å². The van der Waals surface area contributed by atoms with Crippen molar-refractivity contribution in [3.63, 3.8) is 0 Å². The van der Waals surface area contributed by atoms with Crippen LogP contribution >= 0.6 is 0 Å². The first kappa shape index (κ1) is 19.9. The lowest BCUT2D eigenvalue weighted by Gasteiger charge is -2.41. The van der Waals surface area contributed by atoms with E-state index in [1.807, 2.05) is 20.8 Å². The summed E-state index contributed by atoms with van der Waals surface area (Å²) in [5.41, 5.74) is 0.0539. The van der Waals surface area contributed by atoms with Crippen molar-refractivity contribution in [3.05, 3.63) is 27.9 Å². The van der Waals surface area contributed by atoms with E-state index in [2.05, 4.69) is 22.1 Å². The predicted molar refractivity (Wildman–Crippen MR) is 99.4 cm³/mol. The van der Waals surface area contributed by atoms with Crippen molar-refractivity contribution in [3.8, 4) is 0 Å². The van der Waals surface area contributed by atoms with Crippen LogP contribution in [0.25, 0.3) is 0 Å². The van der Waals surface area contributed by atoms with Crippen LogP contribution < -0.4 is 10.2 Å². The van der Waals surface area contributed by atoms with Crippen LogP contribution in [0, 0.1) is 23.0 Å². The molecule has 2 heterocycles. The molecule has 1 aliphatic heterocycles. The van der Waals surface area contributed by atoms with E-state index in [-0.39, 0.29) is 11.7 Å². The quantitative estimate of drug-likeness (QED) is 0.649. The number of ether oxygens (including phenoxy) is 1. The smallest absolute Gasteiger partial charge is 0.407 e. The van der Waals surface area contributed by atoms with Gasteiger partial charge in [-0.15, -0.1) is 0 Å². The third kappa shape index (κ3) is 5.06. The SMILES string of the molecule is Cc1cc(N2CCCC(C)C2CNC(=O)OC(C)(C)C)ncc1[N+](=O)[O-]. The molecule has 0 saturated carbocycles. The first-order valence-electron chi connectivity index (χ1n) is 8.93. The summed E-state index contributed by atoms with van der Waals surface area (Å²) in [4.78, 5) is 29.0. The number of piperidine rings is 1. The standard InChI is InChI=1S/C18H28N4O4/c1-12-7-6-8-21(14(12)10-20-17(23)26-18(3,4)5)16-9-13(2)15(11-19-16)22(24)25/h9,11-12,14H,6-8,10H2,1-5H3,(H,20,23). The maximum atomic E-state index is 12.0. The minimum atomic E-state index is -0.543. The summed E-state index contributed by atoms with van der Waals surface area (Å²) in [5, 5.41) is 13.9. The molecule has 1 aromatic rings. The highest BCUT2D eigenvalue weighted by Crippen LogP contribution is 2.29. The normalized spacial score (nSPS) is 20.6. The number of nitro groups is 1. The molecule has 2 rings (SSSR count). The highest BCUT2D eigenvalue weighted by atomic mass is 16.6. The molecule has 8 nitrogen and oxygen atoms in total. The van der Waals surface area contributed by atoms with E-state index in [1.54, 1.807) is 13.0 Å². The molecule has 8 heteroatoms. The fourth-order valence-corrected chi connectivity index (χ4v) is 3.23. The average Bonchev–Trinajstić information content (AvgIpc) is 2.51. The van der Waals surface area contributed by atoms with Crippen molar-refractivity contribution in [2.75, 3.05) is 18.0 Å². The zero-order chi connectivity index (χ0) is 19.5. The van der Waals surface area contributed by atoms with Crippen LogP contribution in [0.4, 0.5) is 16.3 Å². The molecule has 0 radical (unpaired) electrons. The molecule has 26 heavy (non-hydrogen) atoms. The van der Waals surface area contributed by atoms with Crippen LogP contribution in [0.15, 0.2) is 12.3 Å². The summed E-state index contributed by atoms with van der Waals surface area (Å²) in [6, 6.07) is 1.81. The molecular formula is C18H28N4O4. The number of pyridine rings is 1. The molecule has 1 aliphatic rings. The van der Waals surface area contributed by atoms with Gasteiger partial charge in [0.05, 0.1) is 11.0 Å². The van der Waals surface area contributed by atoms with Crippen molar-refractivity contribution < 1.29 is 14.5 Å². The first-order chi connectivity index (χ1) is 12.1. The Morgan fingerprint density at radius 1 is 1.50 bits per heavy atom. The van der Waals surface area contributed by atoms with Crippen LogP contribution in [-0.2, 0) is 4.74 Å². The van der Waals surface area contributed by atoms with Gasteiger partial charge in [-0.2, -0.15) is 0 Å². The van der Waals surface area contributed by atoms with Crippen molar-refractivity contribution in [2.45, 2.75) is 59.1 Å². The molecule has 1 N–H and O–H groups in total. The van der Waals surface area contributed by atoms with Gasteiger partial charge in [-0.25, -0.2) is 9.78 Å². The Kier molecular flexibility index (Phi) is 6.05.